The van der Waals surface area contributed by atoms with Gasteiger partial charge in [0.05, 0.1) is 17.5 Å². The molecule has 24 heavy (non-hydrogen) atoms. The highest BCUT2D eigenvalue weighted by molar-refractivity contribution is 5.53. The average Bonchev–Trinajstić information content (AvgIpc) is 2.90. The van der Waals surface area contributed by atoms with Crippen LogP contribution >= 0.6 is 0 Å². The zero-order valence-corrected chi connectivity index (χ0v) is 14.8. The summed E-state index contributed by atoms with van der Waals surface area (Å²) in [5.74, 6) is 1.86. The number of aliphatic hydroxyl groups excluding tert-OH is 1. The van der Waals surface area contributed by atoms with Gasteiger partial charge in [-0.15, -0.1) is 0 Å². The number of aryl methyl sites for hydroxylation is 1. The molecule has 1 aliphatic rings. The molecule has 0 spiro atoms. The Hall–Kier alpha value is -2.13. The largest absolute Gasteiger partial charge is 0.385 e. The summed E-state index contributed by atoms with van der Waals surface area (Å²) in [6.45, 7) is 7.28. The van der Waals surface area contributed by atoms with Crippen molar-refractivity contribution in [3.05, 3.63) is 23.0 Å². The minimum absolute atomic E-state index is 0.292. The van der Waals surface area contributed by atoms with Crippen LogP contribution in [0.4, 0.5) is 0 Å². The second kappa shape index (κ2) is 8.11. The van der Waals surface area contributed by atoms with Crippen molar-refractivity contribution in [3.8, 4) is 6.07 Å². The van der Waals surface area contributed by atoms with Crippen molar-refractivity contribution in [1.29, 1.82) is 5.26 Å². The van der Waals surface area contributed by atoms with Gasteiger partial charge in [-0.05, 0) is 52.2 Å². The molecule has 130 valence electrons. The fourth-order valence-corrected chi connectivity index (χ4v) is 3.50. The molecule has 2 rings (SSSR count). The number of hydrogen-bond donors (Lipinski definition) is 2. The Labute approximate surface area is 143 Å². The number of nitriles is 1. The molecule has 1 aliphatic carbocycles. The molecule has 1 aromatic heterocycles. The summed E-state index contributed by atoms with van der Waals surface area (Å²) in [6, 6.07) is 2.57. The number of nitrogens with one attached hydrogen (secondary N) is 1. The molecule has 6 heteroatoms. The Kier molecular flexibility index (Phi) is 6.16. The Morgan fingerprint density at radius 1 is 1.54 bits per heavy atom. The first-order valence-corrected chi connectivity index (χ1v) is 8.51. The summed E-state index contributed by atoms with van der Waals surface area (Å²) >= 11 is 0. The molecule has 0 unspecified atom stereocenters. The number of aliphatic hydroxyl groups is 1. The maximum Gasteiger partial charge on any atom is 0.138 e. The quantitative estimate of drug-likeness (QED) is 0.785. The zero-order chi connectivity index (χ0) is 17.7. The molecule has 1 saturated carbocycles. The highest BCUT2D eigenvalue weighted by Crippen LogP contribution is 2.37. The van der Waals surface area contributed by atoms with Gasteiger partial charge < -0.3 is 15.0 Å². The van der Waals surface area contributed by atoms with Crippen LogP contribution in [-0.4, -0.2) is 28.4 Å². The van der Waals surface area contributed by atoms with Gasteiger partial charge in [0, 0.05) is 25.6 Å². The Morgan fingerprint density at radius 3 is 2.71 bits per heavy atom. The highest BCUT2D eigenvalue weighted by Gasteiger charge is 2.27. The van der Waals surface area contributed by atoms with Crippen molar-refractivity contribution in [2.45, 2.75) is 58.1 Å². The summed E-state index contributed by atoms with van der Waals surface area (Å²) in [5.41, 5.74) is 1.84. The van der Waals surface area contributed by atoms with Crippen molar-refractivity contribution in [1.82, 2.24) is 14.9 Å². The van der Waals surface area contributed by atoms with Crippen LogP contribution in [0.2, 0.25) is 0 Å². The number of aliphatic imine (C=N–C) groups is 1. The van der Waals surface area contributed by atoms with Gasteiger partial charge in [0.25, 0.3) is 0 Å². The number of hydrogen-bond acceptors (Lipinski definition) is 5. The molecule has 6 nitrogen and oxygen atoms in total. The van der Waals surface area contributed by atoms with Crippen LogP contribution in [0.5, 0.6) is 0 Å². The number of rotatable bonds is 6. The average molecular weight is 329 g/mol. The first kappa shape index (κ1) is 18.2. The summed E-state index contributed by atoms with van der Waals surface area (Å²) < 4.78 is 2.16. The van der Waals surface area contributed by atoms with Crippen molar-refractivity contribution >= 4 is 12.8 Å². The second-order valence-corrected chi connectivity index (χ2v) is 6.46. The number of nitrogens with zero attached hydrogens (tertiary/aromatic N) is 4. The van der Waals surface area contributed by atoms with Gasteiger partial charge in [-0.1, -0.05) is 0 Å². The van der Waals surface area contributed by atoms with Gasteiger partial charge in [-0.2, -0.15) is 5.26 Å². The van der Waals surface area contributed by atoms with E-state index in [1.54, 1.807) is 14.0 Å². The molecule has 0 amide bonds. The third-order valence-corrected chi connectivity index (χ3v) is 4.79. The van der Waals surface area contributed by atoms with Crippen molar-refractivity contribution < 1.29 is 5.11 Å². The van der Waals surface area contributed by atoms with Gasteiger partial charge in [-0.3, -0.25) is 0 Å². The van der Waals surface area contributed by atoms with E-state index < -0.39 is 6.10 Å². The van der Waals surface area contributed by atoms with E-state index in [0.717, 1.165) is 37.1 Å². The van der Waals surface area contributed by atoms with E-state index in [0.29, 0.717) is 30.0 Å². The summed E-state index contributed by atoms with van der Waals surface area (Å²) in [7, 11) is 1.80. The minimum atomic E-state index is -0.627. The molecule has 1 aromatic rings. The lowest BCUT2D eigenvalue weighted by molar-refractivity contribution is 0.173. The lowest BCUT2D eigenvalue weighted by atomic mass is 9.84. The molecule has 2 N–H and O–H groups in total. The van der Waals surface area contributed by atoms with Crippen molar-refractivity contribution in [2.24, 2.45) is 10.9 Å². The number of aromatic nitrogens is 2. The summed E-state index contributed by atoms with van der Waals surface area (Å²) in [5, 5.41) is 22.1. The molecule has 0 bridgehead atoms. The molecule has 0 saturated heterocycles. The van der Waals surface area contributed by atoms with E-state index in [1.165, 1.54) is 0 Å². The molecule has 1 atom stereocenters. The van der Waals surface area contributed by atoms with E-state index in [2.05, 4.69) is 32.6 Å². The Morgan fingerprint density at radius 2 is 2.21 bits per heavy atom. The van der Waals surface area contributed by atoms with Crippen LogP contribution in [0, 0.1) is 24.2 Å². The van der Waals surface area contributed by atoms with Crippen LogP contribution in [-0.2, 0) is 0 Å². The second-order valence-electron chi connectivity index (χ2n) is 6.46. The van der Waals surface area contributed by atoms with E-state index >= 15 is 0 Å². The van der Waals surface area contributed by atoms with Gasteiger partial charge >= 0.3 is 0 Å². The highest BCUT2D eigenvalue weighted by atomic mass is 16.3. The Balaban J connectivity index is 2.39. The molecule has 1 fully saturated rings. The first-order chi connectivity index (χ1) is 11.5. The molecule has 0 radical (unpaired) electrons. The fraction of sp³-hybridized carbons (Fsp3) is 0.611. The van der Waals surface area contributed by atoms with E-state index in [1.807, 2.05) is 13.0 Å². The summed E-state index contributed by atoms with van der Waals surface area (Å²) in [4.78, 5) is 8.57. The Bertz CT molecular complexity index is 645. The summed E-state index contributed by atoms with van der Waals surface area (Å²) in [6.07, 6.45) is 6.02. The minimum Gasteiger partial charge on any atom is -0.385 e. The van der Waals surface area contributed by atoms with Crippen LogP contribution in [0.15, 0.2) is 10.8 Å². The van der Waals surface area contributed by atoms with E-state index in [4.69, 9.17) is 5.26 Å². The molecule has 0 aliphatic heterocycles. The molecular formula is C18H27N5O. The lowest BCUT2D eigenvalue weighted by Gasteiger charge is -2.30. The smallest absolute Gasteiger partial charge is 0.138 e. The molecule has 1 heterocycles. The topological polar surface area (TPSA) is 86.2 Å². The van der Waals surface area contributed by atoms with Gasteiger partial charge in [0.2, 0.25) is 0 Å². The molecular weight excluding hydrogens is 302 g/mol. The predicted octanol–water partition coefficient (Wildman–Crippen LogP) is 3.11. The maximum absolute atomic E-state index is 10.2. The predicted molar refractivity (Wildman–Crippen MR) is 95.4 cm³/mol. The van der Waals surface area contributed by atoms with Crippen LogP contribution in [0.1, 0.15) is 68.4 Å². The third-order valence-electron chi connectivity index (χ3n) is 4.79. The maximum atomic E-state index is 10.2. The van der Waals surface area contributed by atoms with E-state index in [9.17, 15) is 5.11 Å². The van der Waals surface area contributed by atoms with Crippen molar-refractivity contribution in [2.75, 3.05) is 7.05 Å². The standard InChI is InChI=1S/C18H27N5O/c1-12-16(11-17(20-3)21-4)23(18(22-12)13(2)24)15-7-5-14(6-8-15)9-10-19/h11,13-15,21,24H,3,5-9H2,1-2,4H3/b17-11+/t13-,14?,15?/m1/s1. The van der Waals surface area contributed by atoms with Crippen molar-refractivity contribution in [3.63, 3.8) is 0 Å². The zero-order valence-electron chi connectivity index (χ0n) is 14.8. The normalized spacial score (nSPS) is 22.7. The molecule has 0 aromatic carbocycles. The van der Waals surface area contributed by atoms with Gasteiger partial charge in [-0.25, -0.2) is 9.98 Å². The van der Waals surface area contributed by atoms with E-state index in [-0.39, 0.29) is 0 Å². The van der Waals surface area contributed by atoms with Gasteiger partial charge in [0.1, 0.15) is 17.7 Å². The lowest BCUT2D eigenvalue weighted by Crippen LogP contribution is -2.21. The van der Waals surface area contributed by atoms with Gasteiger partial charge in [0.15, 0.2) is 0 Å². The fourth-order valence-electron chi connectivity index (χ4n) is 3.50. The SMILES string of the molecule is C=N/C(=C\c1c(C)nc([C@@H](C)O)n1C1CCC(CC#N)CC1)NC. The van der Waals surface area contributed by atoms with Crippen LogP contribution in [0.3, 0.4) is 0 Å². The van der Waals surface area contributed by atoms with Crippen LogP contribution in [0.25, 0.3) is 6.08 Å². The third kappa shape index (κ3) is 3.85. The van der Waals surface area contributed by atoms with Crippen LogP contribution < -0.4 is 5.32 Å². The number of imidazole rings is 1. The first-order valence-electron chi connectivity index (χ1n) is 8.51. The monoisotopic (exact) mass is 329 g/mol.